The van der Waals surface area contributed by atoms with Crippen molar-refractivity contribution in [2.24, 2.45) is 5.92 Å². The number of rotatable bonds is 5. The summed E-state index contributed by atoms with van der Waals surface area (Å²) < 4.78 is 0. The summed E-state index contributed by atoms with van der Waals surface area (Å²) in [7, 11) is 0. The van der Waals surface area contributed by atoms with Gasteiger partial charge in [0.1, 0.15) is 0 Å². The van der Waals surface area contributed by atoms with E-state index in [2.05, 4.69) is 22.9 Å². The van der Waals surface area contributed by atoms with Crippen LogP contribution in [-0.2, 0) is 9.59 Å². The van der Waals surface area contributed by atoms with E-state index >= 15 is 0 Å². The maximum atomic E-state index is 11.8. The van der Waals surface area contributed by atoms with Gasteiger partial charge in [0, 0.05) is 18.4 Å². The maximum Gasteiger partial charge on any atom is 0.242 e. The third-order valence-electron chi connectivity index (χ3n) is 2.65. The van der Waals surface area contributed by atoms with Crippen LogP contribution in [-0.4, -0.2) is 53.1 Å². The van der Waals surface area contributed by atoms with Crippen LogP contribution in [0.25, 0.3) is 0 Å². The van der Waals surface area contributed by atoms with E-state index in [-0.39, 0.29) is 24.9 Å². The molecule has 1 unspecified atom stereocenters. The first-order valence-corrected chi connectivity index (χ1v) is 6.82. The smallest absolute Gasteiger partial charge is 0.242 e. The molecule has 0 bridgehead atoms. The normalized spacial score (nSPS) is 19.2. The summed E-state index contributed by atoms with van der Waals surface area (Å²) in [6.07, 6.45) is 0.900. The van der Waals surface area contributed by atoms with Crippen LogP contribution < -0.4 is 0 Å². The predicted molar refractivity (Wildman–Crippen MR) is 66.4 cm³/mol. The molecule has 2 amide bonds. The standard InChI is InChI=1S/C11H19BrN2O2/c1-3-4-13-7-11(16)14(8-10(13)15)6-9(2)5-12/h9H,3-8H2,1-2H3. The van der Waals surface area contributed by atoms with E-state index in [0.29, 0.717) is 19.0 Å². The van der Waals surface area contributed by atoms with Crippen LogP contribution in [0.2, 0.25) is 0 Å². The summed E-state index contributed by atoms with van der Waals surface area (Å²) in [5.74, 6) is 0.526. The van der Waals surface area contributed by atoms with Gasteiger partial charge in [-0.15, -0.1) is 0 Å². The number of hydrogen-bond acceptors (Lipinski definition) is 2. The average molecular weight is 291 g/mol. The van der Waals surface area contributed by atoms with Crippen molar-refractivity contribution < 1.29 is 9.59 Å². The molecule has 0 aliphatic carbocycles. The first-order chi connectivity index (χ1) is 7.58. The van der Waals surface area contributed by atoms with Gasteiger partial charge in [0.15, 0.2) is 0 Å². The van der Waals surface area contributed by atoms with Crippen LogP contribution in [0.4, 0.5) is 0 Å². The lowest BCUT2D eigenvalue weighted by Crippen LogP contribution is -2.54. The summed E-state index contributed by atoms with van der Waals surface area (Å²) in [4.78, 5) is 26.8. The van der Waals surface area contributed by atoms with Crippen molar-refractivity contribution in [1.82, 2.24) is 9.80 Å². The molecule has 5 heteroatoms. The van der Waals surface area contributed by atoms with Crippen LogP contribution in [0.5, 0.6) is 0 Å². The fraction of sp³-hybridized carbons (Fsp3) is 0.818. The molecule has 1 atom stereocenters. The van der Waals surface area contributed by atoms with E-state index in [1.165, 1.54) is 0 Å². The van der Waals surface area contributed by atoms with Crippen LogP contribution in [0, 0.1) is 5.92 Å². The summed E-state index contributed by atoms with van der Waals surface area (Å²) in [5, 5.41) is 0.851. The van der Waals surface area contributed by atoms with Gasteiger partial charge < -0.3 is 9.80 Å². The molecule has 1 rings (SSSR count). The molecular weight excluding hydrogens is 272 g/mol. The number of carbonyl (C=O) groups excluding carboxylic acids is 2. The molecule has 0 aromatic carbocycles. The van der Waals surface area contributed by atoms with Crippen LogP contribution >= 0.6 is 15.9 Å². The van der Waals surface area contributed by atoms with E-state index < -0.39 is 0 Å². The van der Waals surface area contributed by atoms with Gasteiger partial charge in [-0.25, -0.2) is 0 Å². The lowest BCUT2D eigenvalue weighted by atomic mass is 10.2. The van der Waals surface area contributed by atoms with Gasteiger partial charge in [-0.1, -0.05) is 29.8 Å². The lowest BCUT2D eigenvalue weighted by molar-refractivity contribution is -0.150. The van der Waals surface area contributed by atoms with Gasteiger partial charge in [0.2, 0.25) is 11.8 Å². The monoisotopic (exact) mass is 290 g/mol. The summed E-state index contributed by atoms with van der Waals surface area (Å²) in [6, 6.07) is 0. The third kappa shape index (κ3) is 3.47. The molecule has 0 radical (unpaired) electrons. The highest BCUT2D eigenvalue weighted by atomic mass is 79.9. The zero-order chi connectivity index (χ0) is 12.1. The lowest BCUT2D eigenvalue weighted by Gasteiger charge is -2.34. The number of halogens is 1. The van der Waals surface area contributed by atoms with Crippen molar-refractivity contribution in [1.29, 1.82) is 0 Å². The summed E-state index contributed by atoms with van der Waals surface area (Å²) in [6.45, 7) is 5.92. The Labute approximate surface area is 105 Å². The van der Waals surface area contributed by atoms with Gasteiger partial charge in [-0.05, 0) is 12.3 Å². The highest BCUT2D eigenvalue weighted by Crippen LogP contribution is 2.10. The van der Waals surface area contributed by atoms with Crippen molar-refractivity contribution in [3.05, 3.63) is 0 Å². The first kappa shape index (κ1) is 13.5. The predicted octanol–water partition coefficient (Wildman–Crippen LogP) is 1.10. The highest BCUT2D eigenvalue weighted by molar-refractivity contribution is 9.09. The van der Waals surface area contributed by atoms with Crippen molar-refractivity contribution in [3.8, 4) is 0 Å². The number of carbonyl (C=O) groups is 2. The van der Waals surface area contributed by atoms with Crippen molar-refractivity contribution in [2.45, 2.75) is 20.3 Å². The van der Waals surface area contributed by atoms with Gasteiger partial charge >= 0.3 is 0 Å². The number of piperazine rings is 1. The molecule has 0 saturated carbocycles. The Bertz CT molecular complexity index is 271. The van der Waals surface area contributed by atoms with Crippen LogP contribution in [0.15, 0.2) is 0 Å². The molecule has 1 fully saturated rings. The second-order valence-electron chi connectivity index (χ2n) is 4.35. The van der Waals surface area contributed by atoms with E-state index in [4.69, 9.17) is 0 Å². The van der Waals surface area contributed by atoms with Gasteiger partial charge in [0.25, 0.3) is 0 Å². The Morgan fingerprint density at radius 1 is 1.25 bits per heavy atom. The molecule has 1 aliphatic heterocycles. The fourth-order valence-electron chi connectivity index (χ4n) is 1.77. The Morgan fingerprint density at radius 2 is 1.81 bits per heavy atom. The topological polar surface area (TPSA) is 40.6 Å². The van der Waals surface area contributed by atoms with Crippen LogP contribution in [0.3, 0.4) is 0 Å². The van der Waals surface area contributed by atoms with E-state index in [1.807, 2.05) is 6.92 Å². The molecule has 0 aromatic heterocycles. The summed E-state index contributed by atoms with van der Waals surface area (Å²) >= 11 is 3.38. The minimum Gasteiger partial charge on any atom is -0.332 e. The molecule has 1 saturated heterocycles. The molecule has 16 heavy (non-hydrogen) atoms. The Morgan fingerprint density at radius 3 is 2.38 bits per heavy atom. The van der Waals surface area contributed by atoms with Crippen LogP contribution in [0.1, 0.15) is 20.3 Å². The number of amides is 2. The average Bonchev–Trinajstić information content (AvgIpc) is 2.25. The number of nitrogens with zero attached hydrogens (tertiary/aromatic N) is 2. The second-order valence-corrected chi connectivity index (χ2v) is 5.00. The van der Waals surface area contributed by atoms with E-state index in [9.17, 15) is 9.59 Å². The molecule has 0 spiro atoms. The SMILES string of the molecule is CCCN1CC(=O)N(CC(C)CBr)CC1=O. The molecule has 0 aromatic rings. The largest absolute Gasteiger partial charge is 0.332 e. The molecule has 1 heterocycles. The molecular formula is C11H19BrN2O2. The molecule has 4 nitrogen and oxygen atoms in total. The van der Waals surface area contributed by atoms with E-state index in [0.717, 1.165) is 11.8 Å². The quantitative estimate of drug-likeness (QED) is 0.712. The van der Waals surface area contributed by atoms with Gasteiger partial charge in [-0.2, -0.15) is 0 Å². The van der Waals surface area contributed by atoms with Crippen molar-refractivity contribution in [3.63, 3.8) is 0 Å². The van der Waals surface area contributed by atoms with Gasteiger partial charge in [0.05, 0.1) is 13.1 Å². The van der Waals surface area contributed by atoms with Gasteiger partial charge in [-0.3, -0.25) is 9.59 Å². The number of hydrogen-bond donors (Lipinski definition) is 0. The Balaban J connectivity index is 2.53. The minimum absolute atomic E-state index is 0.0702. The number of alkyl halides is 1. The Hall–Kier alpha value is -0.580. The Kier molecular flexibility index (Phi) is 5.25. The second kappa shape index (κ2) is 6.23. The van der Waals surface area contributed by atoms with Crippen molar-refractivity contribution in [2.75, 3.05) is 31.5 Å². The first-order valence-electron chi connectivity index (χ1n) is 5.70. The minimum atomic E-state index is 0.0702. The third-order valence-corrected chi connectivity index (χ3v) is 3.75. The molecule has 0 N–H and O–H groups in total. The zero-order valence-electron chi connectivity index (χ0n) is 9.91. The summed E-state index contributed by atoms with van der Waals surface area (Å²) in [5.41, 5.74) is 0. The molecule has 92 valence electrons. The highest BCUT2D eigenvalue weighted by Gasteiger charge is 2.29. The zero-order valence-corrected chi connectivity index (χ0v) is 11.5. The maximum absolute atomic E-state index is 11.8. The fourth-order valence-corrected chi connectivity index (χ4v) is 1.97. The van der Waals surface area contributed by atoms with Crippen molar-refractivity contribution >= 4 is 27.7 Å². The van der Waals surface area contributed by atoms with E-state index in [1.54, 1.807) is 9.80 Å². The molecule has 1 aliphatic rings.